The minimum Gasteiger partial charge on any atom is -0.481 e. The van der Waals surface area contributed by atoms with Gasteiger partial charge in [-0.3, -0.25) is 9.59 Å². The number of hydrogen-bond acceptors (Lipinski definition) is 2. The van der Waals surface area contributed by atoms with Crippen LogP contribution < -0.4 is 0 Å². The molecule has 0 heterocycles. The van der Waals surface area contributed by atoms with Crippen LogP contribution in [0.15, 0.2) is 18.2 Å². The van der Waals surface area contributed by atoms with Gasteiger partial charge in [-0.05, 0) is 37.0 Å². The number of hydrogen-bond donors (Lipinski definition) is 1. The molecular weight excluding hydrogens is 313 g/mol. The molecule has 21 heavy (non-hydrogen) atoms. The molecule has 114 valence electrons. The van der Waals surface area contributed by atoms with Crippen LogP contribution in [0.2, 0.25) is 10.0 Å². The Kier molecular flexibility index (Phi) is 5.12. The average Bonchev–Trinajstić information content (AvgIpc) is 3.22. The highest BCUT2D eigenvalue weighted by atomic mass is 35.5. The van der Waals surface area contributed by atoms with E-state index in [1.807, 2.05) is 13.0 Å². The van der Waals surface area contributed by atoms with Gasteiger partial charge in [0.15, 0.2) is 0 Å². The predicted octanol–water partition coefficient (Wildman–Crippen LogP) is 3.42. The molecule has 1 aromatic rings. The number of carboxylic acid groups (broad SMARTS) is 1. The van der Waals surface area contributed by atoms with Gasteiger partial charge in [0.25, 0.3) is 0 Å². The minimum absolute atomic E-state index is 0.0230. The first-order valence-corrected chi connectivity index (χ1v) is 7.65. The second-order valence-electron chi connectivity index (χ2n) is 5.18. The number of halogens is 2. The van der Waals surface area contributed by atoms with E-state index in [2.05, 4.69) is 0 Å². The molecule has 1 N–H and O–H groups in total. The van der Waals surface area contributed by atoms with Gasteiger partial charge < -0.3 is 10.0 Å². The molecule has 1 aromatic carbocycles. The molecule has 2 atom stereocenters. The second kappa shape index (κ2) is 6.67. The molecule has 1 amide bonds. The number of carboxylic acids is 1. The third-order valence-corrected chi connectivity index (χ3v) is 4.51. The molecule has 1 aliphatic rings. The first-order valence-electron chi connectivity index (χ1n) is 6.89. The monoisotopic (exact) mass is 329 g/mol. The molecular formula is C15H17Cl2NO3. The van der Waals surface area contributed by atoms with Gasteiger partial charge in [-0.1, -0.05) is 29.3 Å². The van der Waals surface area contributed by atoms with E-state index in [1.54, 1.807) is 17.0 Å². The number of aliphatic carboxylic acids is 1. The minimum atomic E-state index is -0.891. The van der Waals surface area contributed by atoms with E-state index < -0.39 is 5.97 Å². The Bertz CT molecular complexity index is 562. The van der Waals surface area contributed by atoms with Crippen molar-refractivity contribution in [1.82, 2.24) is 4.90 Å². The van der Waals surface area contributed by atoms with Crippen molar-refractivity contribution in [3.63, 3.8) is 0 Å². The maximum Gasteiger partial charge on any atom is 0.305 e. The Labute approximate surface area is 133 Å². The number of carbonyl (C=O) groups excluding carboxylic acids is 1. The zero-order valence-electron chi connectivity index (χ0n) is 11.7. The van der Waals surface area contributed by atoms with Crippen LogP contribution in [0, 0.1) is 5.92 Å². The second-order valence-corrected chi connectivity index (χ2v) is 6.00. The summed E-state index contributed by atoms with van der Waals surface area (Å²) >= 11 is 11.9. The van der Waals surface area contributed by atoms with Gasteiger partial charge in [-0.25, -0.2) is 0 Å². The van der Waals surface area contributed by atoms with Crippen LogP contribution in [0.5, 0.6) is 0 Å². The summed E-state index contributed by atoms with van der Waals surface area (Å²) in [4.78, 5) is 24.6. The molecule has 1 fully saturated rings. The van der Waals surface area contributed by atoms with Gasteiger partial charge in [0, 0.05) is 19.0 Å². The van der Waals surface area contributed by atoms with Crippen molar-refractivity contribution < 1.29 is 14.7 Å². The van der Waals surface area contributed by atoms with E-state index in [9.17, 15) is 9.59 Å². The summed E-state index contributed by atoms with van der Waals surface area (Å²) < 4.78 is 0. The van der Waals surface area contributed by atoms with Crippen molar-refractivity contribution >= 4 is 35.1 Å². The average molecular weight is 330 g/mol. The third-order valence-electron chi connectivity index (χ3n) is 3.77. The van der Waals surface area contributed by atoms with Crippen molar-refractivity contribution in [2.24, 2.45) is 5.92 Å². The van der Waals surface area contributed by atoms with E-state index in [1.165, 1.54) is 0 Å². The lowest BCUT2D eigenvalue weighted by molar-refractivity contribution is -0.138. The summed E-state index contributed by atoms with van der Waals surface area (Å²) in [7, 11) is 0. The SMILES string of the molecule is CCN(CCC(=O)O)C(=O)C1CC1c1ccc(Cl)c(Cl)c1. The van der Waals surface area contributed by atoms with Crippen LogP contribution >= 0.6 is 23.2 Å². The van der Waals surface area contributed by atoms with Crippen LogP contribution in [0.25, 0.3) is 0 Å². The van der Waals surface area contributed by atoms with Gasteiger partial charge in [-0.2, -0.15) is 0 Å². The van der Waals surface area contributed by atoms with Crippen molar-refractivity contribution in [3.05, 3.63) is 33.8 Å². The number of carbonyl (C=O) groups is 2. The Morgan fingerprint density at radius 1 is 1.33 bits per heavy atom. The maximum absolute atomic E-state index is 12.4. The highest BCUT2D eigenvalue weighted by Crippen LogP contribution is 2.49. The first kappa shape index (κ1) is 16.1. The van der Waals surface area contributed by atoms with Gasteiger partial charge in [0.05, 0.1) is 16.5 Å². The number of nitrogens with zero attached hydrogens (tertiary/aromatic N) is 1. The fourth-order valence-corrected chi connectivity index (χ4v) is 2.78. The van der Waals surface area contributed by atoms with E-state index in [-0.39, 0.29) is 30.7 Å². The van der Waals surface area contributed by atoms with E-state index in [4.69, 9.17) is 28.3 Å². The number of rotatable bonds is 6. The Morgan fingerprint density at radius 2 is 2.05 bits per heavy atom. The Hall–Kier alpha value is -1.26. The van der Waals surface area contributed by atoms with E-state index in [0.29, 0.717) is 16.6 Å². The molecule has 6 heteroatoms. The molecule has 1 aliphatic carbocycles. The molecule has 0 bridgehead atoms. The summed E-state index contributed by atoms with van der Waals surface area (Å²) in [6, 6.07) is 5.43. The fourth-order valence-electron chi connectivity index (χ4n) is 2.47. The predicted molar refractivity (Wildman–Crippen MR) is 81.8 cm³/mol. The molecule has 0 aliphatic heterocycles. The van der Waals surface area contributed by atoms with Gasteiger partial charge >= 0.3 is 5.97 Å². The molecule has 0 aromatic heterocycles. The summed E-state index contributed by atoms with van der Waals surface area (Å²) in [5, 5.41) is 9.71. The lowest BCUT2D eigenvalue weighted by Gasteiger charge is -2.20. The molecule has 2 rings (SSSR count). The lowest BCUT2D eigenvalue weighted by Crippen LogP contribution is -2.34. The maximum atomic E-state index is 12.4. The molecule has 0 spiro atoms. The molecule has 2 unspecified atom stereocenters. The standard InChI is InChI=1S/C15H17Cl2NO3/c1-2-18(6-5-14(19)20)15(21)11-8-10(11)9-3-4-12(16)13(17)7-9/h3-4,7,10-11H,2,5-6,8H2,1H3,(H,19,20). The van der Waals surface area contributed by atoms with Crippen LogP contribution in [-0.4, -0.2) is 35.0 Å². The van der Waals surface area contributed by atoms with Gasteiger partial charge in [-0.15, -0.1) is 0 Å². The zero-order chi connectivity index (χ0) is 15.6. The van der Waals surface area contributed by atoms with Crippen molar-refractivity contribution in [1.29, 1.82) is 0 Å². The fraction of sp³-hybridized carbons (Fsp3) is 0.467. The van der Waals surface area contributed by atoms with Crippen LogP contribution in [-0.2, 0) is 9.59 Å². The summed E-state index contributed by atoms with van der Waals surface area (Å²) in [6.45, 7) is 2.64. The Morgan fingerprint density at radius 3 is 2.62 bits per heavy atom. The molecule has 0 saturated heterocycles. The van der Waals surface area contributed by atoms with Crippen molar-refractivity contribution in [3.8, 4) is 0 Å². The normalized spacial score (nSPS) is 20.1. The largest absolute Gasteiger partial charge is 0.481 e. The van der Waals surface area contributed by atoms with Crippen LogP contribution in [0.3, 0.4) is 0 Å². The quantitative estimate of drug-likeness (QED) is 0.869. The topological polar surface area (TPSA) is 57.6 Å². The van der Waals surface area contributed by atoms with Crippen LogP contribution in [0.1, 0.15) is 31.2 Å². The molecule has 0 radical (unpaired) electrons. The lowest BCUT2D eigenvalue weighted by atomic mass is 10.1. The first-order chi connectivity index (χ1) is 9.93. The van der Waals surface area contributed by atoms with Crippen molar-refractivity contribution in [2.75, 3.05) is 13.1 Å². The number of amides is 1. The molecule has 4 nitrogen and oxygen atoms in total. The van der Waals surface area contributed by atoms with Crippen molar-refractivity contribution in [2.45, 2.75) is 25.7 Å². The summed E-state index contributed by atoms with van der Waals surface area (Å²) in [5.74, 6) is -0.782. The smallest absolute Gasteiger partial charge is 0.305 e. The zero-order valence-corrected chi connectivity index (χ0v) is 13.2. The highest BCUT2D eigenvalue weighted by Gasteiger charge is 2.45. The summed E-state index contributed by atoms with van der Waals surface area (Å²) in [5.41, 5.74) is 1.01. The molecule has 1 saturated carbocycles. The Balaban J connectivity index is 1.99. The van der Waals surface area contributed by atoms with E-state index >= 15 is 0 Å². The van der Waals surface area contributed by atoms with Gasteiger partial charge in [0.2, 0.25) is 5.91 Å². The van der Waals surface area contributed by atoms with E-state index in [0.717, 1.165) is 12.0 Å². The van der Waals surface area contributed by atoms with Gasteiger partial charge in [0.1, 0.15) is 0 Å². The van der Waals surface area contributed by atoms with Crippen LogP contribution in [0.4, 0.5) is 0 Å². The highest BCUT2D eigenvalue weighted by molar-refractivity contribution is 6.42. The number of benzene rings is 1. The third kappa shape index (κ3) is 3.89. The summed E-state index contributed by atoms with van der Waals surface area (Å²) in [6.07, 6.45) is 0.754.